The summed E-state index contributed by atoms with van der Waals surface area (Å²) in [7, 11) is 0. The Hall–Kier alpha value is -2.35. The lowest BCUT2D eigenvalue weighted by Gasteiger charge is -1.91. The van der Waals surface area contributed by atoms with E-state index in [-0.39, 0.29) is 0 Å². The second kappa shape index (κ2) is 4.26. The van der Waals surface area contributed by atoms with Crippen molar-refractivity contribution < 1.29 is 0 Å². The molecular formula is C15H12N2. The molecule has 0 unspecified atom stereocenters. The molecule has 3 rings (SSSR count). The van der Waals surface area contributed by atoms with Crippen molar-refractivity contribution in [2.75, 3.05) is 0 Å². The van der Waals surface area contributed by atoms with Crippen LogP contribution < -0.4 is 0 Å². The van der Waals surface area contributed by atoms with Crippen LogP contribution in [0, 0.1) is 0 Å². The maximum Gasteiger partial charge on any atom is 0.0927 e. The molecule has 0 radical (unpaired) electrons. The number of rotatable bonds is 2. The van der Waals surface area contributed by atoms with Crippen LogP contribution in [-0.2, 0) is 0 Å². The first-order valence-corrected chi connectivity index (χ1v) is 5.59. The molecule has 82 valence electrons. The molecule has 0 spiro atoms. The molecule has 0 fully saturated rings. The first kappa shape index (κ1) is 9.85. The zero-order valence-corrected chi connectivity index (χ0v) is 9.32. The van der Waals surface area contributed by atoms with Crippen molar-refractivity contribution >= 4 is 23.2 Å². The smallest absolute Gasteiger partial charge is 0.0927 e. The van der Waals surface area contributed by atoms with Gasteiger partial charge in [0.05, 0.1) is 5.52 Å². The molecule has 0 atom stereocenters. The van der Waals surface area contributed by atoms with Gasteiger partial charge in [0.15, 0.2) is 0 Å². The van der Waals surface area contributed by atoms with E-state index in [1.807, 2.05) is 59.6 Å². The molecule has 2 aromatic carbocycles. The predicted octanol–water partition coefficient (Wildman–Crippen LogP) is 3.66. The van der Waals surface area contributed by atoms with Gasteiger partial charge in [-0.05, 0) is 17.7 Å². The highest BCUT2D eigenvalue weighted by molar-refractivity contribution is 5.78. The van der Waals surface area contributed by atoms with Gasteiger partial charge in [-0.3, -0.25) is 0 Å². The molecule has 17 heavy (non-hydrogen) atoms. The molecular weight excluding hydrogens is 208 g/mol. The van der Waals surface area contributed by atoms with Gasteiger partial charge in [-0.1, -0.05) is 48.5 Å². The topological polar surface area (TPSA) is 17.8 Å². The normalized spacial score (nSPS) is 11.3. The Labute approximate surface area is 99.8 Å². The number of aromatic nitrogens is 2. The Kier molecular flexibility index (Phi) is 2.47. The van der Waals surface area contributed by atoms with E-state index in [4.69, 9.17) is 0 Å². The van der Waals surface area contributed by atoms with Gasteiger partial charge in [-0.15, -0.1) is 0 Å². The van der Waals surface area contributed by atoms with Crippen LogP contribution in [0.2, 0.25) is 0 Å². The molecule has 0 saturated carbocycles. The largest absolute Gasteiger partial charge is 0.247 e. The summed E-state index contributed by atoms with van der Waals surface area (Å²) < 4.78 is 1.84. The third-order valence-corrected chi connectivity index (χ3v) is 2.65. The lowest BCUT2D eigenvalue weighted by molar-refractivity contribution is 0.957. The summed E-state index contributed by atoms with van der Waals surface area (Å²) in [5.74, 6) is 0. The average molecular weight is 220 g/mol. The van der Waals surface area contributed by atoms with E-state index >= 15 is 0 Å². The van der Waals surface area contributed by atoms with E-state index < -0.39 is 0 Å². The second-order valence-corrected chi connectivity index (χ2v) is 3.89. The third kappa shape index (κ3) is 2.11. The highest BCUT2D eigenvalue weighted by atomic mass is 15.3. The summed E-state index contributed by atoms with van der Waals surface area (Å²) in [5, 5.41) is 5.62. The molecule has 1 aromatic heterocycles. The van der Waals surface area contributed by atoms with Crippen LogP contribution in [0.3, 0.4) is 0 Å². The van der Waals surface area contributed by atoms with Crippen LogP contribution in [0.1, 0.15) is 5.56 Å². The van der Waals surface area contributed by atoms with Gasteiger partial charge >= 0.3 is 0 Å². The summed E-state index contributed by atoms with van der Waals surface area (Å²) in [5.41, 5.74) is 2.19. The van der Waals surface area contributed by atoms with E-state index in [1.165, 1.54) is 5.56 Å². The molecule has 0 aliphatic carbocycles. The van der Waals surface area contributed by atoms with Crippen LogP contribution >= 0.6 is 0 Å². The van der Waals surface area contributed by atoms with E-state index in [0.29, 0.717) is 0 Å². The fourth-order valence-electron chi connectivity index (χ4n) is 1.79. The van der Waals surface area contributed by atoms with Gasteiger partial charge in [0, 0.05) is 17.8 Å². The van der Waals surface area contributed by atoms with Gasteiger partial charge in [0.1, 0.15) is 0 Å². The van der Waals surface area contributed by atoms with E-state index in [9.17, 15) is 0 Å². The molecule has 0 N–H and O–H groups in total. The highest BCUT2D eigenvalue weighted by Gasteiger charge is 1.95. The molecule has 2 nitrogen and oxygen atoms in total. The molecule has 2 heteroatoms. The molecule has 0 amide bonds. The Bertz CT molecular complexity index is 618. The summed E-state index contributed by atoms with van der Waals surface area (Å²) in [4.78, 5) is 0. The van der Waals surface area contributed by atoms with Gasteiger partial charge in [0.2, 0.25) is 0 Å². The highest BCUT2D eigenvalue weighted by Crippen LogP contribution is 2.11. The monoisotopic (exact) mass is 220 g/mol. The van der Waals surface area contributed by atoms with Gasteiger partial charge in [0.25, 0.3) is 0 Å². The molecule has 0 aliphatic heterocycles. The predicted molar refractivity (Wildman–Crippen MR) is 71.4 cm³/mol. The van der Waals surface area contributed by atoms with E-state index in [1.54, 1.807) is 0 Å². The number of benzene rings is 2. The van der Waals surface area contributed by atoms with Crippen LogP contribution in [0.25, 0.3) is 23.2 Å². The van der Waals surface area contributed by atoms with Gasteiger partial charge in [-0.2, -0.15) is 5.10 Å². The molecule has 0 aliphatic rings. The van der Waals surface area contributed by atoms with Crippen molar-refractivity contribution in [3.8, 4) is 0 Å². The minimum absolute atomic E-state index is 1.02. The van der Waals surface area contributed by atoms with Crippen molar-refractivity contribution in [2.24, 2.45) is 0 Å². The molecule has 0 bridgehead atoms. The zero-order chi connectivity index (χ0) is 11.5. The number of nitrogens with zero attached hydrogens (tertiary/aromatic N) is 2. The van der Waals surface area contributed by atoms with E-state index in [2.05, 4.69) is 23.3 Å². The van der Waals surface area contributed by atoms with Crippen LogP contribution in [0.5, 0.6) is 0 Å². The Morgan fingerprint density at radius 2 is 1.65 bits per heavy atom. The summed E-state index contributed by atoms with van der Waals surface area (Å²) >= 11 is 0. The van der Waals surface area contributed by atoms with Crippen molar-refractivity contribution in [1.29, 1.82) is 0 Å². The Balaban J connectivity index is 1.92. The SMILES string of the molecule is C(=C\n1cc2ccccc2n1)/c1ccccc1. The summed E-state index contributed by atoms with van der Waals surface area (Å²) in [6, 6.07) is 18.3. The fourth-order valence-corrected chi connectivity index (χ4v) is 1.79. The zero-order valence-electron chi connectivity index (χ0n) is 9.32. The molecule has 1 heterocycles. The second-order valence-electron chi connectivity index (χ2n) is 3.89. The minimum atomic E-state index is 1.02. The molecule has 0 saturated heterocycles. The van der Waals surface area contributed by atoms with Crippen LogP contribution in [0.4, 0.5) is 0 Å². The quantitative estimate of drug-likeness (QED) is 0.644. The van der Waals surface area contributed by atoms with Crippen molar-refractivity contribution in [3.05, 3.63) is 66.4 Å². The number of hydrogen-bond acceptors (Lipinski definition) is 1. The maximum absolute atomic E-state index is 4.46. The Morgan fingerprint density at radius 3 is 2.47 bits per heavy atom. The number of fused-ring (bicyclic) bond motifs is 1. The standard InChI is InChI=1S/C15H12N2/c1-2-6-13(7-3-1)10-11-17-12-14-8-4-5-9-15(14)16-17/h1-12H/b11-10+. The van der Waals surface area contributed by atoms with Crippen molar-refractivity contribution in [1.82, 2.24) is 9.78 Å². The lowest BCUT2D eigenvalue weighted by atomic mass is 10.2. The summed E-state index contributed by atoms with van der Waals surface area (Å²) in [6.45, 7) is 0. The maximum atomic E-state index is 4.46. The Morgan fingerprint density at radius 1 is 0.882 bits per heavy atom. The lowest BCUT2D eigenvalue weighted by Crippen LogP contribution is -1.84. The van der Waals surface area contributed by atoms with Crippen molar-refractivity contribution in [3.63, 3.8) is 0 Å². The van der Waals surface area contributed by atoms with Gasteiger partial charge in [-0.25, -0.2) is 4.68 Å². The minimum Gasteiger partial charge on any atom is -0.247 e. The average Bonchev–Trinajstić information content (AvgIpc) is 2.80. The summed E-state index contributed by atoms with van der Waals surface area (Å²) in [6.07, 6.45) is 6.04. The van der Waals surface area contributed by atoms with Gasteiger partial charge < -0.3 is 0 Å². The fraction of sp³-hybridized carbons (Fsp3) is 0. The van der Waals surface area contributed by atoms with E-state index in [0.717, 1.165) is 10.9 Å². The third-order valence-electron chi connectivity index (χ3n) is 2.65. The first-order chi connectivity index (χ1) is 8.42. The first-order valence-electron chi connectivity index (χ1n) is 5.59. The molecule has 3 aromatic rings. The van der Waals surface area contributed by atoms with Crippen molar-refractivity contribution in [2.45, 2.75) is 0 Å². The van der Waals surface area contributed by atoms with Crippen LogP contribution in [-0.4, -0.2) is 9.78 Å². The van der Waals surface area contributed by atoms with Crippen LogP contribution in [0.15, 0.2) is 60.8 Å². The number of hydrogen-bond donors (Lipinski definition) is 0.